The predicted molar refractivity (Wildman–Crippen MR) is 112 cm³/mol. The van der Waals surface area contributed by atoms with Gasteiger partial charge in [-0.05, 0) is 48.4 Å². The van der Waals surface area contributed by atoms with E-state index in [1.165, 1.54) is 54.5 Å². The summed E-state index contributed by atoms with van der Waals surface area (Å²) in [6.07, 6.45) is -0.0686. The van der Waals surface area contributed by atoms with Crippen molar-refractivity contribution in [3.05, 3.63) is 64.2 Å². The number of likely N-dealkylation sites (tertiary alicyclic amines) is 1. The molecule has 3 rings (SSSR count). The van der Waals surface area contributed by atoms with Crippen molar-refractivity contribution in [3.63, 3.8) is 0 Å². The summed E-state index contributed by atoms with van der Waals surface area (Å²) in [6.45, 7) is -0.0118. The first kappa shape index (κ1) is 22.2. The number of nitrogens with zero attached hydrogens (tertiary/aromatic N) is 1. The number of halogens is 1. The maximum Gasteiger partial charge on any atom is 0.303 e. The van der Waals surface area contributed by atoms with Gasteiger partial charge in [-0.1, -0.05) is 17.7 Å². The van der Waals surface area contributed by atoms with Crippen molar-refractivity contribution in [2.45, 2.75) is 18.9 Å². The molecular formula is C22H20ClNO7. The van der Waals surface area contributed by atoms with Gasteiger partial charge in [-0.15, -0.1) is 0 Å². The van der Waals surface area contributed by atoms with Crippen molar-refractivity contribution < 1.29 is 34.4 Å². The van der Waals surface area contributed by atoms with Crippen LogP contribution in [0.5, 0.6) is 11.5 Å². The summed E-state index contributed by atoms with van der Waals surface area (Å²) in [5.41, 5.74) is 0.568. The van der Waals surface area contributed by atoms with Gasteiger partial charge in [-0.3, -0.25) is 14.4 Å². The summed E-state index contributed by atoms with van der Waals surface area (Å²) < 4.78 is 5.13. The van der Waals surface area contributed by atoms with Gasteiger partial charge in [0.15, 0.2) is 11.5 Å². The number of carboxylic acids is 1. The van der Waals surface area contributed by atoms with Crippen molar-refractivity contribution in [2.75, 3.05) is 13.7 Å². The number of carbonyl (C=O) groups is 3. The minimum absolute atomic E-state index is 0.0118. The Morgan fingerprint density at radius 3 is 2.42 bits per heavy atom. The predicted octanol–water partition coefficient (Wildman–Crippen LogP) is 3.34. The molecule has 0 spiro atoms. The normalized spacial score (nSPS) is 17.7. The Hall–Kier alpha value is -3.52. The summed E-state index contributed by atoms with van der Waals surface area (Å²) in [7, 11) is 1.36. The van der Waals surface area contributed by atoms with Crippen LogP contribution in [-0.2, 0) is 14.4 Å². The molecule has 8 nitrogen and oxygen atoms in total. The minimum Gasteiger partial charge on any atom is -0.507 e. The fraction of sp³-hybridized carbons (Fsp3) is 0.227. The van der Waals surface area contributed by atoms with Gasteiger partial charge < -0.3 is 25.0 Å². The van der Waals surface area contributed by atoms with Crippen LogP contribution in [0.15, 0.2) is 48.0 Å². The maximum absolute atomic E-state index is 12.9. The minimum atomic E-state index is -1.03. The molecule has 1 heterocycles. The number of ketones is 1. The number of methoxy groups -OCH3 is 1. The number of aliphatic hydroxyl groups is 1. The van der Waals surface area contributed by atoms with E-state index in [1.54, 1.807) is 0 Å². The number of carbonyl (C=O) groups excluding carboxylic acids is 2. The Bertz CT molecular complexity index is 1060. The lowest BCUT2D eigenvalue weighted by atomic mass is 9.95. The molecule has 162 valence electrons. The maximum atomic E-state index is 12.9. The number of rotatable bonds is 7. The molecule has 0 aromatic heterocycles. The van der Waals surface area contributed by atoms with Crippen LogP contribution in [0.3, 0.4) is 0 Å². The Morgan fingerprint density at radius 2 is 1.81 bits per heavy atom. The molecule has 0 unspecified atom stereocenters. The van der Waals surface area contributed by atoms with Crippen molar-refractivity contribution >= 4 is 35.0 Å². The van der Waals surface area contributed by atoms with E-state index < -0.39 is 23.7 Å². The molecule has 0 bridgehead atoms. The average Bonchev–Trinajstić information content (AvgIpc) is 2.99. The van der Waals surface area contributed by atoms with Crippen LogP contribution in [0.2, 0.25) is 5.02 Å². The summed E-state index contributed by atoms with van der Waals surface area (Å²) in [4.78, 5) is 37.8. The molecule has 2 aromatic carbocycles. The second kappa shape index (κ2) is 9.09. The number of hydrogen-bond acceptors (Lipinski definition) is 6. The van der Waals surface area contributed by atoms with Gasteiger partial charge in [0.1, 0.15) is 5.76 Å². The summed E-state index contributed by atoms with van der Waals surface area (Å²) in [6, 6.07) is 9.45. The van der Waals surface area contributed by atoms with E-state index in [-0.39, 0.29) is 42.2 Å². The molecule has 0 saturated carbocycles. The number of hydrogen-bond donors (Lipinski definition) is 3. The Labute approximate surface area is 182 Å². The highest BCUT2D eigenvalue weighted by atomic mass is 35.5. The van der Waals surface area contributed by atoms with Gasteiger partial charge in [0, 0.05) is 23.6 Å². The van der Waals surface area contributed by atoms with Gasteiger partial charge in [0.2, 0.25) is 0 Å². The number of phenolic OH excluding ortho intramolecular Hbond substituents is 1. The van der Waals surface area contributed by atoms with Crippen molar-refractivity contribution in [2.24, 2.45) is 0 Å². The third-order valence-corrected chi connectivity index (χ3v) is 5.22. The SMILES string of the molecule is COc1cc([C@@H]2/C(=C(\O)c3ccc(Cl)cc3)C(=O)C(=O)N2CCCC(=O)O)ccc1O. The molecule has 1 fully saturated rings. The molecule has 2 aromatic rings. The van der Waals surface area contributed by atoms with Crippen LogP contribution in [0.1, 0.15) is 30.0 Å². The smallest absolute Gasteiger partial charge is 0.303 e. The topological polar surface area (TPSA) is 124 Å². The van der Waals surface area contributed by atoms with Crippen LogP contribution in [0.4, 0.5) is 0 Å². The van der Waals surface area contributed by atoms with Gasteiger partial charge >= 0.3 is 5.97 Å². The number of amides is 1. The summed E-state index contributed by atoms with van der Waals surface area (Å²) >= 11 is 5.89. The lowest BCUT2D eigenvalue weighted by Crippen LogP contribution is -2.31. The highest BCUT2D eigenvalue weighted by Crippen LogP contribution is 2.41. The van der Waals surface area contributed by atoms with Crippen LogP contribution < -0.4 is 4.74 Å². The standard InChI is InChI=1S/C22H20ClNO7/c1-31-16-11-13(6-9-15(16)25)19-18(20(28)12-4-7-14(23)8-5-12)21(29)22(30)24(19)10-2-3-17(26)27/h4-9,11,19,25,28H,2-3,10H2,1H3,(H,26,27)/b20-18+/t19-/m1/s1. The molecule has 9 heteroatoms. The summed E-state index contributed by atoms with van der Waals surface area (Å²) in [5, 5.41) is 30.2. The zero-order valence-corrected chi connectivity index (χ0v) is 17.3. The first-order chi connectivity index (χ1) is 14.7. The molecule has 31 heavy (non-hydrogen) atoms. The highest BCUT2D eigenvalue weighted by Gasteiger charge is 2.46. The Balaban J connectivity index is 2.14. The zero-order valence-electron chi connectivity index (χ0n) is 16.5. The monoisotopic (exact) mass is 445 g/mol. The molecule has 0 aliphatic carbocycles. The van der Waals surface area contributed by atoms with E-state index in [0.29, 0.717) is 16.1 Å². The van der Waals surface area contributed by atoms with Gasteiger partial charge in [0.05, 0.1) is 18.7 Å². The average molecular weight is 446 g/mol. The number of benzene rings is 2. The Morgan fingerprint density at radius 1 is 1.13 bits per heavy atom. The van der Waals surface area contributed by atoms with Gasteiger partial charge in [0.25, 0.3) is 11.7 Å². The van der Waals surface area contributed by atoms with Crippen LogP contribution in [-0.4, -0.2) is 51.5 Å². The highest BCUT2D eigenvalue weighted by molar-refractivity contribution is 6.46. The van der Waals surface area contributed by atoms with Crippen molar-refractivity contribution in [3.8, 4) is 11.5 Å². The first-order valence-electron chi connectivity index (χ1n) is 9.37. The molecule has 3 N–H and O–H groups in total. The fourth-order valence-corrected chi connectivity index (χ4v) is 3.61. The Kier molecular flexibility index (Phi) is 6.50. The molecule has 1 atom stereocenters. The van der Waals surface area contributed by atoms with Gasteiger partial charge in [-0.2, -0.15) is 0 Å². The number of aromatic hydroxyl groups is 1. The second-order valence-electron chi connectivity index (χ2n) is 6.93. The fourth-order valence-electron chi connectivity index (χ4n) is 3.49. The van der Waals surface area contributed by atoms with E-state index in [4.69, 9.17) is 21.4 Å². The van der Waals surface area contributed by atoms with Crippen molar-refractivity contribution in [1.82, 2.24) is 4.90 Å². The third kappa shape index (κ3) is 4.49. The first-order valence-corrected chi connectivity index (χ1v) is 9.75. The van der Waals surface area contributed by atoms with E-state index >= 15 is 0 Å². The zero-order chi connectivity index (χ0) is 22.7. The molecule has 1 amide bonds. The van der Waals surface area contributed by atoms with E-state index in [2.05, 4.69) is 0 Å². The number of Topliss-reactive ketones (excluding diaryl/α,β-unsaturated/α-hetero) is 1. The van der Waals surface area contributed by atoms with Crippen LogP contribution >= 0.6 is 11.6 Å². The number of carboxylic acid groups (broad SMARTS) is 1. The summed E-state index contributed by atoms with van der Waals surface area (Å²) in [5.74, 6) is -3.15. The van der Waals surface area contributed by atoms with Crippen molar-refractivity contribution in [1.29, 1.82) is 0 Å². The third-order valence-electron chi connectivity index (χ3n) is 4.97. The number of ether oxygens (including phenoxy) is 1. The van der Waals surface area contributed by atoms with Crippen LogP contribution in [0, 0.1) is 0 Å². The number of aliphatic hydroxyl groups excluding tert-OH is 1. The molecule has 1 saturated heterocycles. The molecule has 0 radical (unpaired) electrons. The van der Waals surface area contributed by atoms with Gasteiger partial charge in [-0.25, -0.2) is 0 Å². The number of aliphatic carboxylic acids is 1. The van der Waals surface area contributed by atoms with E-state index in [0.717, 1.165) is 0 Å². The number of phenols is 1. The van der Waals surface area contributed by atoms with E-state index in [1.807, 2.05) is 0 Å². The van der Waals surface area contributed by atoms with Crippen LogP contribution in [0.25, 0.3) is 5.76 Å². The molecule has 1 aliphatic rings. The molecule has 1 aliphatic heterocycles. The second-order valence-corrected chi connectivity index (χ2v) is 7.36. The largest absolute Gasteiger partial charge is 0.507 e. The van der Waals surface area contributed by atoms with E-state index in [9.17, 15) is 24.6 Å². The molecular weight excluding hydrogens is 426 g/mol. The lowest BCUT2D eigenvalue weighted by Gasteiger charge is -2.25. The lowest BCUT2D eigenvalue weighted by molar-refractivity contribution is -0.140. The quantitative estimate of drug-likeness (QED) is 0.339.